The molecule has 38 heavy (non-hydrogen) atoms. The lowest BCUT2D eigenvalue weighted by Crippen LogP contribution is -2.55. The molecule has 0 fully saturated rings. The van der Waals surface area contributed by atoms with Gasteiger partial charge in [-0.15, -0.1) is 0 Å². The average molecular weight is 524 g/mol. The first kappa shape index (κ1) is 28.0. The molecule has 0 unspecified atom stereocenters. The molecule has 0 saturated heterocycles. The molecule has 0 aliphatic heterocycles. The SMILES string of the molecule is NC(N)=NCCC[C@H](N)C(=O)N[C@@H](Cc1ccc(O)cc1)C(=O)N[C@@H](Cc1c[nH]c2ccccc12)C(=O)O. The summed E-state index contributed by atoms with van der Waals surface area (Å²) in [7, 11) is 0. The van der Waals surface area contributed by atoms with Crippen LogP contribution in [0.1, 0.15) is 24.0 Å². The minimum atomic E-state index is -1.24. The van der Waals surface area contributed by atoms with E-state index in [1.165, 1.54) is 12.1 Å². The van der Waals surface area contributed by atoms with E-state index in [0.717, 1.165) is 16.5 Å². The van der Waals surface area contributed by atoms with Gasteiger partial charge in [-0.3, -0.25) is 14.6 Å². The number of guanidine groups is 1. The molecule has 0 aliphatic rings. The lowest BCUT2D eigenvalue weighted by Gasteiger charge is -2.23. The summed E-state index contributed by atoms with van der Waals surface area (Å²) >= 11 is 0. The highest BCUT2D eigenvalue weighted by Gasteiger charge is 2.29. The Kier molecular flexibility index (Phi) is 9.66. The highest BCUT2D eigenvalue weighted by molar-refractivity contribution is 5.92. The second-order valence-corrected chi connectivity index (χ2v) is 8.95. The molecular weight excluding hydrogens is 490 g/mol. The second-order valence-electron chi connectivity index (χ2n) is 8.95. The quantitative estimate of drug-likeness (QED) is 0.0869. The maximum absolute atomic E-state index is 13.3. The van der Waals surface area contributed by atoms with Gasteiger partial charge in [0.15, 0.2) is 5.96 Å². The highest BCUT2D eigenvalue weighted by Crippen LogP contribution is 2.19. The third-order valence-electron chi connectivity index (χ3n) is 6.03. The van der Waals surface area contributed by atoms with E-state index in [-0.39, 0.29) is 31.0 Å². The van der Waals surface area contributed by atoms with Crippen molar-refractivity contribution in [2.75, 3.05) is 6.54 Å². The van der Waals surface area contributed by atoms with Crippen molar-refractivity contribution in [1.82, 2.24) is 15.6 Å². The Labute approximate surface area is 219 Å². The number of aromatic amines is 1. The van der Waals surface area contributed by atoms with Crippen LogP contribution in [-0.2, 0) is 27.2 Å². The number of carboxylic acid groups (broad SMARTS) is 1. The van der Waals surface area contributed by atoms with Crippen molar-refractivity contribution in [3.63, 3.8) is 0 Å². The topological polar surface area (TPSA) is 222 Å². The van der Waals surface area contributed by atoms with E-state index in [4.69, 9.17) is 17.2 Å². The molecule has 2 aromatic carbocycles. The largest absolute Gasteiger partial charge is 0.508 e. The number of aromatic hydroxyl groups is 1. The Morgan fingerprint density at radius 3 is 2.32 bits per heavy atom. The molecule has 0 bridgehead atoms. The van der Waals surface area contributed by atoms with Crippen molar-refractivity contribution >= 4 is 34.6 Å². The van der Waals surface area contributed by atoms with Crippen LogP contribution in [0.3, 0.4) is 0 Å². The molecule has 12 nitrogen and oxygen atoms in total. The molecule has 1 heterocycles. The first-order valence-electron chi connectivity index (χ1n) is 12.1. The number of carbonyl (C=O) groups excluding carboxylic acids is 2. The van der Waals surface area contributed by atoms with E-state index in [0.29, 0.717) is 18.5 Å². The second kappa shape index (κ2) is 13.1. The van der Waals surface area contributed by atoms with Crippen molar-refractivity contribution in [2.24, 2.45) is 22.2 Å². The minimum absolute atomic E-state index is 0.0370. The Morgan fingerprint density at radius 1 is 0.947 bits per heavy atom. The predicted octanol–water partition coefficient (Wildman–Crippen LogP) is 0.0938. The van der Waals surface area contributed by atoms with Gasteiger partial charge in [-0.05, 0) is 42.2 Å². The number of phenols is 1. The highest BCUT2D eigenvalue weighted by atomic mass is 16.4. The number of rotatable bonds is 13. The number of nitrogens with one attached hydrogen (secondary N) is 3. The fourth-order valence-electron chi connectivity index (χ4n) is 4.00. The fourth-order valence-corrected chi connectivity index (χ4v) is 4.00. The number of hydrogen-bond donors (Lipinski definition) is 8. The standard InChI is InChI=1S/C26H33N7O5/c27-19(5-3-11-30-26(28)29)23(35)32-21(12-15-7-9-17(34)10-8-15)24(36)33-22(25(37)38)13-16-14-31-20-6-2-1-4-18(16)20/h1-2,4,6-10,14,19,21-22,31,34H,3,5,11-13,27H2,(H,32,35)(H,33,36)(H,37,38)(H4,28,29,30)/t19-,21-,22-/m0/s1. The Hall–Kier alpha value is -4.58. The summed E-state index contributed by atoms with van der Waals surface area (Å²) in [5.41, 5.74) is 18.8. The van der Waals surface area contributed by atoms with Crippen molar-refractivity contribution < 1.29 is 24.6 Å². The number of nitrogens with zero attached hydrogens (tertiary/aromatic N) is 1. The number of hydrogen-bond acceptors (Lipinski definition) is 6. The van der Waals surface area contributed by atoms with Crippen molar-refractivity contribution in [3.8, 4) is 5.75 Å². The molecule has 12 heteroatoms. The van der Waals surface area contributed by atoms with Crippen molar-refractivity contribution in [3.05, 3.63) is 65.9 Å². The van der Waals surface area contributed by atoms with Gasteiger partial charge in [0.1, 0.15) is 17.8 Å². The first-order valence-corrected chi connectivity index (χ1v) is 12.1. The number of phenolic OH excluding ortho intramolecular Hbond substituents is 1. The number of aliphatic imine (C=N–C) groups is 1. The Morgan fingerprint density at radius 2 is 1.63 bits per heavy atom. The summed E-state index contributed by atoms with van der Waals surface area (Å²) < 4.78 is 0. The zero-order chi connectivity index (χ0) is 27.7. The van der Waals surface area contributed by atoms with Gasteiger partial charge in [0, 0.05) is 36.5 Å². The van der Waals surface area contributed by atoms with Crippen LogP contribution in [0, 0.1) is 0 Å². The molecule has 3 rings (SSSR count). The molecule has 0 aliphatic carbocycles. The number of H-pyrrole nitrogens is 1. The van der Waals surface area contributed by atoms with Gasteiger partial charge in [0.2, 0.25) is 11.8 Å². The number of carbonyl (C=O) groups is 3. The van der Waals surface area contributed by atoms with Crippen LogP contribution >= 0.6 is 0 Å². The van der Waals surface area contributed by atoms with Gasteiger partial charge in [-0.25, -0.2) is 4.79 Å². The molecule has 2 amide bonds. The van der Waals surface area contributed by atoms with Crippen LogP contribution in [-0.4, -0.2) is 63.6 Å². The van der Waals surface area contributed by atoms with Crippen molar-refractivity contribution in [1.29, 1.82) is 0 Å². The fraction of sp³-hybridized carbons (Fsp3) is 0.308. The van der Waals surface area contributed by atoms with E-state index in [9.17, 15) is 24.6 Å². The predicted molar refractivity (Wildman–Crippen MR) is 143 cm³/mol. The Bertz CT molecular complexity index is 1280. The zero-order valence-corrected chi connectivity index (χ0v) is 20.8. The lowest BCUT2D eigenvalue weighted by atomic mass is 10.0. The van der Waals surface area contributed by atoms with E-state index >= 15 is 0 Å². The van der Waals surface area contributed by atoms with Gasteiger partial charge < -0.3 is 43.0 Å². The summed E-state index contributed by atoms with van der Waals surface area (Å²) in [6.07, 6.45) is 2.53. The monoisotopic (exact) mass is 523 g/mol. The number of nitrogens with two attached hydrogens (primary N) is 3. The molecule has 202 valence electrons. The minimum Gasteiger partial charge on any atom is -0.508 e. The maximum atomic E-state index is 13.3. The molecular formula is C26H33N7O5. The Balaban J connectivity index is 1.73. The van der Waals surface area contributed by atoms with Crippen LogP contribution in [0.2, 0.25) is 0 Å². The normalized spacial score (nSPS) is 13.3. The van der Waals surface area contributed by atoms with E-state index < -0.39 is 35.9 Å². The first-order chi connectivity index (χ1) is 18.1. The summed E-state index contributed by atoms with van der Waals surface area (Å²) in [4.78, 5) is 45.1. The van der Waals surface area contributed by atoms with Gasteiger partial charge >= 0.3 is 5.97 Å². The summed E-state index contributed by atoms with van der Waals surface area (Å²) in [5, 5.41) is 25.5. The van der Waals surface area contributed by atoms with Gasteiger partial charge in [-0.2, -0.15) is 0 Å². The molecule has 3 aromatic rings. The molecule has 0 radical (unpaired) electrons. The van der Waals surface area contributed by atoms with Crippen LogP contribution in [0.25, 0.3) is 10.9 Å². The molecule has 0 saturated carbocycles. The number of carboxylic acids is 1. The third-order valence-corrected chi connectivity index (χ3v) is 6.03. The zero-order valence-electron chi connectivity index (χ0n) is 20.8. The number of fused-ring (bicyclic) bond motifs is 1. The number of aliphatic carboxylic acids is 1. The van der Waals surface area contributed by atoms with Crippen LogP contribution < -0.4 is 27.8 Å². The number of benzene rings is 2. The summed E-state index contributed by atoms with van der Waals surface area (Å²) in [6.45, 7) is 0.300. The maximum Gasteiger partial charge on any atom is 0.326 e. The number of amides is 2. The van der Waals surface area contributed by atoms with E-state index in [1.54, 1.807) is 18.3 Å². The summed E-state index contributed by atoms with van der Waals surface area (Å²) in [6, 6.07) is 10.3. The lowest BCUT2D eigenvalue weighted by molar-refractivity contribution is -0.142. The average Bonchev–Trinajstić information content (AvgIpc) is 3.29. The van der Waals surface area contributed by atoms with Gasteiger partial charge in [-0.1, -0.05) is 30.3 Å². The van der Waals surface area contributed by atoms with Crippen LogP contribution in [0.15, 0.2) is 59.7 Å². The van der Waals surface area contributed by atoms with E-state index in [1.807, 2.05) is 24.3 Å². The number of para-hydroxylation sites is 1. The summed E-state index contributed by atoms with van der Waals surface area (Å²) in [5.74, 6) is -2.47. The smallest absolute Gasteiger partial charge is 0.326 e. The molecule has 1 aromatic heterocycles. The van der Waals surface area contributed by atoms with Crippen LogP contribution in [0.5, 0.6) is 5.75 Å². The van der Waals surface area contributed by atoms with Gasteiger partial charge in [0.25, 0.3) is 0 Å². The van der Waals surface area contributed by atoms with Crippen LogP contribution in [0.4, 0.5) is 0 Å². The van der Waals surface area contributed by atoms with Gasteiger partial charge in [0.05, 0.1) is 6.04 Å². The molecule has 11 N–H and O–H groups in total. The molecule has 0 spiro atoms. The molecule has 3 atom stereocenters. The third kappa shape index (κ3) is 7.96. The van der Waals surface area contributed by atoms with E-state index in [2.05, 4.69) is 20.6 Å². The van der Waals surface area contributed by atoms with Crippen molar-refractivity contribution in [2.45, 2.75) is 43.8 Å². The number of aromatic nitrogens is 1.